The summed E-state index contributed by atoms with van der Waals surface area (Å²) in [7, 11) is 1.60. The monoisotopic (exact) mass is 661 g/mol. The van der Waals surface area contributed by atoms with Crippen LogP contribution in [-0.4, -0.2) is 82.3 Å². The lowest BCUT2D eigenvalue weighted by molar-refractivity contribution is -0.0889. The summed E-state index contributed by atoms with van der Waals surface area (Å²) in [6, 6.07) is 17.4. The van der Waals surface area contributed by atoms with E-state index in [2.05, 4.69) is 42.3 Å². The largest absolute Gasteiger partial charge is 0.497 e. The van der Waals surface area contributed by atoms with Crippen LogP contribution in [0.5, 0.6) is 5.75 Å². The number of aliphatic hydroxyl groups excluding tert-OH is 3. The second kappa shape index (κ2) is 15.6. The van der Waals surface area contributed by atoms with Crippen LogP contribution in [0.1, 0.15) is 90.2 Å². The molecule has 4 N–H and O–H groups in total. The summed E-state index contributed by atoms with van der Waals surface area (Å²) in [5, 5.41) is 46.0. The molecule has 0 radical (unpaired) electrons. The third-order valence-electron chi connectivity index (χ3n) is 10.7. The highest BCUT2D eigenvalue weighted by Crippen LogP contribution is 2.59. The molecule has 2 bridgehead atoms. The molecule has 47 heavy (non-hydrogen) atoms. The molecule has 5 atom stereocenters. The van der Waals surface area contributed by atoms with Gasteiger partial charge in [-0.05, 0) is 117 Å². The zero-order chi connectivity index (χ0) is 33.6. The third-order valence-corrected chi connectivity index (χ3v) is 11.6. The Labute approximate surface area is 283 Å². The molecule has 0 spiro atoms. The number of ether oxygens (including phenoxy) is 1. The van der Waals surface area contributed by atoms with Gasteiger partial charge in [0.1, 0.15) is 5.75 Å². The van der Waals surface area contributed by atoms with Gasteiger partial charge in [-0.3, -0.25) is 9.69 Å². The number of ketones is 1. The molecule has 3 aliphatic rings. The SMILES string of the molecule is COc1ccc(C(=O)c2cc3ccc2C2CCC(O)(CN(CCc4cccs4)CC(O)CO)C2(C)CCC=C(C)CCC(O)C3)cc1. The molecule has 254 valence electrons. The number of carbonyl (C=O) groups excluding carboxylic acids is 1. The van der Waals surface area contributed by atoms with Crippen molar-refractivity contribution in [2.75, 3.05) is 33.4 Å². The number of aliphatic hydroxyl groups is 4. The topological polar surface area (TPSA) is 110 Å². The third kappa shape index (κ3) is 8.24. The number of methoxy groups -OCH3 is 1. The molecule has 6 rings (SSSR count). The van der Waals surface area contributed by atoms with E-state index in [0.717, 1.165) is 30.4 Å². The van der Waals surface area contributed by atoms with Crippen molar-refractivity contribution in [3.05, 3.63) is 98.8 Å². The summed E-state index contributed by atoms with van der Waals surface area (Å²) in [5.74, 6) is 0.505. The molecule has 1 aromatic heterocycles. The number of rotatable bonds is 11. The van der Waals surface area contributed by atoms with E-state index in [1.54, 1.807) is 42.7 Å². The summed E-state index contributed by atoms with van der Waals surface area (Å²) in [5.41, 5.74) is 2.58. The Hall–Kier alpha value is -2.85. The Bertz CT molecular complexity index is 1500. The maximum atomic E-state index is 14.3. The first-order chi connectivity index (χ1) is 22.5. The van der Waals surface area contributed by atoms with Crippen molar-refractivity contribution in [1.82, 2.24) is 4.90 Å². The van der Waals surface area contributed by atoms with E-state index in [9.17, 15) is 25.2 Å². The summed E-state index contributed by atoms with van der Waals surface area (Å²) in [4.78, 5) is 17.6. The molecule has 7 nitrogen and oxygen atoms in total. The maximum absolute atomic E-state index is 14.3. The first-order valence-electron chi connectivity index (χ1n) is 17.0. The Morgan fingerprint density at radius 2 is 1.91 bits per heavy atom. The average Bonchev–Trinajstić information content (AvgIpc) is 3.68. The number of thiophene rings is 1. The molecule has 2 aromatic carbocycles. The summed E-state index contributed by atoms with van der Waals surface area (Å²) in [6.07, 6.45) is 6.27. The van der Waals surface area contributed by atoms with Crippen LogP contribution in [-0.2, 0) is 12.8 Å². The van der Waals surface area contributed by atoms with Gasteiger partial charge in [0.05, 0.1) is 31.5 Å². The second-order valence-corrected chi connectivity index (χ2v) is 14.9. The molecule has 5 unspecified atom stereocenters. The minimum atomic E-state index is -1.10. The van der Waals surface area contributed by atoms with Gasteiger partial charge in [-0.2, -0.15) is 0 Å². The van der Waals surface area contributed by atoms with Gasteiger partial charge in [-0.1, -0.05) is 36.8 Å². The minimum absolute atomic E-state index is 0.0803. The predicted molar refractivity (Wildman–Crippen MR) is 187 cm³/mol. The normalized spacial score (nSPS) is 25.7. The molecule has 1 heterocycles. The molecule has 0 aliphatic heterocycles. The molecule has 3 aromatic rings. The molecule has 0 amide bonds. The van der Waals surface area contributed by atoms with E-state index in [1.165, 1.54) is 10.5 Å². The lowest BCUT2D eigenvalue weighted by Gasteiger charge is -2.46. The lowest BCUT2D eigenvalue weighted by atomic mass is 9.64. The van der Waals surface area contributed by atoms with Gasteiger partial charge >= 0.3 is 0 Å². The fourth-order valence-electron chi connectivity index (χ4n) is 7.78. The van der Waals surface area contributed by atoms with Crippen molar-refractivity contribution < 1.29 is 30.0 Å². The van der Waals surface area contributed by atoms with Crippen LogP contribution >= 0.6 is 11.3 Å². The number of hydrogen-bond donors (Lipinski definition) is 4. The molecular formula is C39H51NO6S. The molecule has 1 fully saturated rings. The van der Waals surface area contributed by atoms with Crippen molar-refractivity contribution in [1.29, 1.82) is 0 Å². The highest BCUT2D eigenvalue weighted by Gasteiger charge is 2.57. The second-order valence-electron chi connectivity index (χ2n) is 13.9. The molecule has 0 saturated heterocycles. The van der Waals surface area contributed by atoms with Crippen molar-refractivity contribution in [3.8, 4) is 5.75 Å². The fraction of sp³-hybridized carbons (Fsp3) is 0.513. The number of fused-ring (bicyclic) bond motifs is 8. The van der Waals surface area contributed by atoms with Crippen LogP contribution in [0.3, 0.4) is 0 Å². The summed E-state index contributed by atoms with van der Waals surface area (Å²) in [6.45, 7) is 5.23. The Morgan fingerprint density at radius 3 is 2.62 bits per heavy atom. The first kappa shape index (κ1) is 35.5. The van der Waals surface area contributed by atoms with Crippen LogP contribution in [0.15, 0.2) is 71.6 Å². The Balaban J connectivity index is 1.55. The van der Waals surface area contributed by atoms with E-state index < -0.39 is 23.2 Å². The highest BCUT2D eigenvalue weighted by molar-refractivity contribution is 7.09. The first-order valence-corrected chi connectivity index (χ1v) is 17.8. The number of allylic oxidation sites excluding steroid dienone is 2. The van der Waals surface area contributed by atoms with E-state index in [-0.39, 0.29) is 24.9 Å². The van der Waals surface area contributed by atoms with Crippen molar-refractivity contribution in [2.45, 2.75) is 88.9 Å². The van der Waals surface area contributed by atoms with Crippen LogP contribution in [0.25, 0.3) is 0 Å². The molecular weight excluding hydrogens is 610 g/mol. The van der Waals surface area contributed by atoms with Gasteiger partial charge in [0, 0.05) is 41.1 Å². The number of carbonyl (C=O) groups is 1. The maximum Gasteiger partial charge on any atom is 0.193 e. The molecule has 8 heteroatoms. The summed E-state index contributed by atoms with van der Waals surface area (Å²) >= 11 is 1.69. The summed E-state index contributed by atoms with van der Waals surface area (Å²) < 4.78 is 5.33. The predicted octanol–water partition coefficient (Wildman–Crippen LogP) is 5.92. The van der Waals surface area contributed by atoms with Crippen molar-refractivity contribution >= 4 is 17.1 Å². The number of hydrogen-bond acceptors (Lipinski definition) is 8. The highest BCUT2D eigenvalue weighted by atomic mass is 32.1. The minimum Gasteiger partial charge on any atom is -0.497 e. The average molecular weight is 662 g/mol. The smallest absolute Gasteiger partial charge is 0.193 e. The van der Waals surface area contributed by atoms with Crippen LogP contribution < -0.4 is 4.74 Å². The van der Waals surface area contributed by atoms with E-state index >= 15 is 0 Å². The Morgan fingerprint density at radius 1 is 1.13 bits per heavy atom. The van der Waals surface area contributed by atoms with Crippen molar-refractivity contribution in [2.24, 2.45) is 5.41 Å². The van der Waals surface area contributed by atoms with E-state index in [4.69, 9.17) is 4.74 Å². The van der Waals surface area contributed by atoms with Gasteiger partial charge in [-0.15, -0.1) is 11.3 Å². The molecule has 1 saturated carbocycles. The van der Waals surface area contributed by atoms with Gasteiger partial charge in [0.25, 0.3) is 0 Å². The van der Waals surface area contributed by atoms with Gasteiger partial charge in [-0.25, -0.2) is 0 Å². The zero-order valence-corrected chi connectivity index (χ0v) is 28.8. The molecule has 3 aliphatic carbocycles. The van der Waals surface area contributed by atoms with Crippen LogP contribution in [0, 0.1) is 5.41 Å². The van der Waals surface area contributed by atoms with Gasteiger partial charge in [0.15, 0.2) is 5.78 Å². The van der Waals surface area contributed by atoms with Crippen LogP contribution in [0.4, 0.5) is 0 Å². The van der Waals surface area contributed by atoms with Gasteiger partial charge < -0.3 is 25.2 Å². The number of benzene rings is 2. The van der Waals surface area contributed by atoms with Gasteiger partial charge in [0.2, 0.25) is 0 Å². The van der Waals surface area contributed by atoms with E-state index in [1.807, 2.05) is 18.2 Å². The lowest BCUT2D eigenvalue weighted by Crippen LogP contribution is -2.54. The van der Waals surface area contributed by atoms with Crippen molar-refractivity contribution in [3.63, 3.8) is 0 Å². The number of nitrogens with zero attached hydrogens (tertiary/aromatic N) is 1. The fourth-order valence-corrected chi connectivity index (χ4v) is 8.48. The quantitative estimate of drug-likeness (QED) is 0.149. The Kier molecular flexibility index (Phi) is 11.8. The van der Waals surface area contributed by atoms with Crippen LogP contribution in [0.2, 0.25) is 0 Å². The zero-order valence-electron chi connectivity index (χ0n) is 28.0. The van der Waals surface area contributed by atoms with E-state index in [0.29, 0.717) is 62.1 Å². The standard InChI is InChI=1S/C39H51NO6S/c1-27-6-4-18-38(2)36(16-19-39(38,45)26-40(24-31(43)25-41)20-17-33-7-5-21-47-33)34-15-9-28(22-30(42)12-8-27)23-35(34)37(44)29-10-13-32(46-3)14-11-29/h5-7,9-11,13-15,21,23,30-31,36,41-43,45H,4,8,12,16-20,22,24-26H2,1-3H3.